The number of hydrogen-bond donors (Lipinski definition) is 2. The second kappa shape index (κ2) is 13.7. The normalized spacial score (nSPS) is 11.1. The summed E-state index contributed by atoms with van der Waals surface area (Å²) >= 11 is 6.60. The van der Waals surface area contributed by atoms with E-state index in [0.29, 0.717) is 27.4 Å². The Kier molecular flexibility index (Phi) is 9.08. The number of esters is 2. The number of H-pyrrole nitrogens is 1. The average molecular weight is 662 g/mol. The van der Waals surface area contributed by atoms with Gasteiger partial charge in [0.25, 0.3) is 5.91 Å². The van der Waals surface area contributed by atoms with E-state index in [2.05, 4.69) is 15.5 Å². The molecule has 0 bridgehead atoms. The third-order valence-corrected chi connectivity index (χ3v) is 7.82. The molecule has 48 heavy (non-hydrogen) atoms. The van der Waals surface area contributed by atoms with E-state index in [0.717, 1.165) is 21.7 Å². The lowest BCUT2D eigenvalue weighted by molar-refractivity contribution is -0.132. The van der Waals surface area contributed by atoms with Crippen molar-refractivity contribution in [3.05, 3.63) is 119 Å². The molecule has 1 amide bonds. The number of carbonyl (C=O) groups excluding carboxylic acids is 3. The van der Waals surface area contributed by atoms with Gasteiger partial charge in [0.15, 0.2) is 23.0 Å². The first kappa shape index (κ1) is 31.8. The minimum atomic E-state index is -0.685. The van der Waals surface area contributed by atoms with Crippen LogP contribution < -0.4 is 24.4 Å². The van der Waals surface area contributed by atoms with Crippen LogP contribution in [0.1, 0.15) is 33.3 Å². The van der Waals surface area contributed by atoms with Crippen LogP contribution in [0.3, 0.4) is 0 Å². The molecule has 1 aromatic heterocycles. The molecule has 0 aliphatic heterocycles. The fourth-order valence-corrected chi connectivity index (χ4v) is 5.54. The van der Waals surface area contributed by atoms with Gasteiger partial charge in [-0.1, -0.05) is 66.2 Å². The van der Waals surface area contributed by atoms with Gasteiger partial charge in [0.1, 0.15) is 5.69 Å². The van der Waals surface area contributed by atoms with Gasteiger partial charge in [-0.15, -0.1) is 0 Å². The van der Waals surface area contributed by atoms with Crippen LogP contribution in [-0.2, 0) is 4.79 Å². The number of benzene rings is 5. The second-order valence-corrected chi connectivity index (χ2v) is 10.9. The Balaban J connectivity index is 1.23. The maximum atomic E-state index is 13.6. The van der Waals surface area contributed by atoms with Gasteiger partial charge >= 0.3 is 11.9 Å². The van der Waals surface area contributed by atoms with Crippen LogP contribution in [0, 0.1) is 0 Å². The highest BCUT2D eigenvalue weighted by Crippen LogP contribution is 2.39. The van der Waals surface area contributed by atoms with E-state index in [4.69, 9.17) is 30.5 Å². The Morgan fingerprint density at radius 2 is 1.48 bits per heavy atom. The van der Waals surface area contributed by atoms with Crippen molar-refractivity contribution in [2.45, 2.75) is 6.92 Å². The number of carbonyl (C=O) groups is 3. The molecule has 2 N–H and O–H groups in total. The first-order valence-corrected chi connectivity index (χ1v) is 15.0. The molecule has 10 nitrogen and oxygen atoms in total. The number of rotatable bonds is 9. The molecule has 11 heteroatoms. The van der Waals surface area contributed by atoms with Crippen LogP contribution in [0.4, 0.5) is 0 Å². The summed E-state index contributed by atoms with van der Waals surface area (Å²) in [6.45, 7) is 1.26. The summed E-state index contributed by atoms with van der Waals surface area (Å²) in [5.41, 5.74) is 5.83. The van der Waals surface area contributed by atoms with Gasteiger partial charge in [-0.05, 0) is 53.4 Å². The lowest BCUT2D eigenvalue weighted by Crippen LogP contribution is -2.19. The van der Waals surface area contributed by atoms with Gasteiger partial charge in [0.2, 0.25) is 0 Å². The van der Waals surface area contributed by atoms with E-state index < -0.39 is 17.8 Å². The zero-order chi connectivity index (χ0) is 33.8. The van der Waals surface area contributed by atoms with E-state index in [9.17, 15) is 14.4 Å². The molecule has 0 aliphatic carbocycles. The summed E-state index contributed by atoms with van der Waals surface area (Å²) in [7, 11) is 2.82. The monoisotopic (exact) mass is 661 g/mol. The number of nitrogens with one attached hydrogen (secondary N) is 2. The quantitative estimate of drug-likeness (QED) is 0.0708. The molecule has 6 rings (SSSR count). The summed E-state index contributed by atoms with van der Waals surface area (Å²) in [5.74, 6) is -0.894. The Bertz CT molecular complexity index is 2240. The SMILES string of the molecule is COc1cc(C(=O)Oc2ccc(C=NNC(=O)c3[nH]c4c(ccc5ccccc54)c3-c3ccccc3Cl)cc2OC)ccc1OC(C)=O. The van der Waals surface area contributed by atoms with Crippen molar-refractivity contribution >= 4 is 57.3 Å². The molecule has 0 aliphatic rings. The Morgan fingerprint density at radius 1 is 0.771 bits per heavy atom. The zero-order valence-electron chi connectivity index (χ0n) is 26.0. The van der Waals surface area contributed by atoms with Crippen LogP contribution in [0.15, 0.2) is 102 Å². The van der Waals surface area contributed by atoms with Gasteiger partial charge < -0.3 is 23.9 Å². The van der Waals surface area contributed by atoms with Crippen molar-refractivity contribution in [3.63, 3.8) is 0 Å². The number of ether oxygens (including phenoxy) is 4. The summed E-state index contributed by atoms with van der Waals surface area (Å²) in [5, 5.41) is 7.54. The molecule has 1 heterocycles. The molecule has 0 fully saturated rings. The fourth-order valence-electron chi connectivity index (χ4n) is 5.31. The van der Waals surface area contributed by atoms with Crippen molar-refractivity contribution in [1.29, 1.82) is 0 Å². The minimum absolute atomic E-state index is 0.154. The Morgan fingerprint density at radius 3 is 2.25 bits per heavy atom. The molecule has 6 aromatic rings. The highest BCUT2D eigenvalue weighted by Gasteiger charge is 2.22. The summed E-state index contributed by atoms with van der Waals surface area (Å²) in [4.78, 5) is 41.1. The van der Waals surface area contributed by atoms with Gasteiger partial charge in [0.05, 0.1) is 31.5 Å². The van der Waals surface area contributed by atoms with Crippen molar-refractivity contribution in [3.8, 4) is 34.1 Å². The van der Waals surface area contributed by atoms with Gasteiger partial charge in [-0.25, -0.2) is 10.2 Å². The van der Waals surface area contributed by atoms with Crippen molar-refractivity contribution in [1.82, 2.24) is 10.4 Å². The predicted molar refractivity (Wildman–Crippen MR) is 184 cm³/mol. The standard InChI is InChI=1S/C37H28ClN3O7/c1-21(42)47-29-17-14-24(19-32(29)46-3)37(44)48-30-16-12-22(18-31(30)45-2)20-39-41-36(43)35-33(26-10-6-7-11-28(26)38)27-15-13-23-8-4-5-9-25(23)34(27)40-35/h4-20,40H,1-3H3,(H,41,43). The number of amides is 1. The number of hydrogen-bond acceptors (Lipinski definition) is 8. The van der Waals surface area contributed by atoms with E-state index in [1.54, 1.807) is 24.3 Å². The first-order valence-electron chi connectivity index (χ1n) is 14.7. The minimum Gasteiger partial charge on any atom is -0.493 e. The van der Waals surface area contributed by atoms with Crippen LogP contribution in [-0.4, -0.2) is 43.3 Å². The molecular weight excluding hydrogens is 634 g/mol. The molecule has 5 aromatic carbocycles. The van der Waals surface area contributed by atoms with Crippen LogP contribution in [0.2, 0.25) is 5.02 Å². The van der Waals surface area contributed by atoms with Crippen molar-refractivity contribution in [2.75, 3.05) is 14.2 Å². The number of hydrazone groups is 1. The van der Waals surface area contributed by atoms with E-state index in [1.807, 2.05) is 54.6 Å². The zero-order valence-corrected chi connectivity index (χ0v) is 26.8. The molecule has 0 saturated carbocycles. The van der Waals surface area contributed by atoms with Crippen LogP contribution in [0.5, 0.6) is 23.0 Å². The second-order valence-electron chi connectivity index (χ2n) is 10.5. The largest absolute Gasteiger partial charge is 0.493 e. The third kappa shape index (κ3) is 6.42. The molecule has 0 atom stereocenters. The van der Waals surface area contributed by atoms with Crippen LogP contribution >= 0.6 is 11.6 Å². The molecular formula is C37H28ClN3O7. The third-order valence-electron chi connectivity index (χ3n) is 7.49. The topological polar surface area (TPSA) is 128 Å². The number of aromatic nitrogens is 1. The van der Waals surface area contributed by atoms with Gasteiger partial charge in [0, 0.05) is 33.8 Å². The smallest absolute Gasteiger partial charge is 0.343 e. The van der Waals surface area contributed by atoms with E-state index in [-0.39, 0.29) is 28.6 Å². The van der Waals surface area contributed by atoms with Crippen LogP contribution in [0.25, 0.3) is 32.8 Å². The highest BCUT2D eigenvalue weighted by atomic mass is 35.5. The number of aromatic amines is 1. The first-order chi connectivity index (χ1) is 23.3. The maximum absolute atomic E-state index is 13.6. The average Bonchev–Trinajstić information content (AvgIpc) is 3.49. The number of halogens is 1. The molecule has 0 unspecified atom stereocenters. The summed E-state index contributed by atoms with van der Waals surface area (Å²) in [6.07, 6.45) is 1.44. The number of methoxy groups -OCH3 is 2. The van der Waals surface area contributed by atoms with E-state index in [1.165, 1.54) is 45.6 Å². The lowest BCUT2D eigenvalue weighted by Gasteiger charge is -2.12. The van der Waals surface area contributed by atoms with Gasteiger partial charge in [-0.2, -0.15) is 5.10 Å². The van der Waals surface area contributed by atoms with Gasteiger partial charge in [-0.3, -0.25) is 9.59 Å². The fraction of sp³-hybridized carbons (Fsp3) is 0.0811. The summed E-state index contributed by atoms with van der Waals surface area (Å²) < 4.78 is 21.3. The van der Waals surface area contributed by atoms with Crippen molar-refractivity contribution < 1.29 is 33.3 Å². The molecule has 240 valence electrons. The van der Waals surface area contributed by atoms with Crippen molar-refractivity contribution in [2.24, 2.45) is 5.10 Å². The predicted octanol–water partition coefficient (Wildman–Crippen LogP) is 7.57. The maximum Gasteiger partial charge on any atom is 0.343 e. The molecule has 0 radical (unpaired) electrons. The van der Waals surface area contributed by atoms with E-state index >= 15 is 0 Å². The highest BCUT2D eigenvalue weighted by molar-refractivity contribution is 6.34. The molecule has 0 spiro atoms. The Hall–Kier alpha value is -6.13. The summed E-state index contributed by atoms with van der Waals surface area (Å²) in [6, 6.07) is 28.4. The lowest BCUT2D eigenvalue weighted by atomic mass is 9.99. The number of nitrogens with zero attached hydrogens (tertiary/aromatic N) is 1. The number of fused-ring (bicyclic) bond motifs is 3. The Labute approximate surface area is 279 Å². The molecule has 0 saturated heterocycles.